The Bertz CT molecular complexity index is 524. The van der Waals surface area contributed by atoms with Gasteiger partial charge < -0.3 is 9.84 Å². The zero-order chi connectivity index (χ0) is 13.7. The van der Waals surface area contributed by atoms with E-state index in [1.165, 1.54) is 0 Å². The summed E-state index contributed by atoms with van der Waals surface area (Å²) in [6.45, 7) is 7.13. The molecule has 5 heteroatoms. The Morgan fingerprint density at radius 2 is 2.11 bits per heavy atom. The first kappa shape index (κ1) is 13.7. The van der Waals surface area contributed by atoms with E-state index in [0.29, 0.717) is 17.8 Å². The molecule has 5 nitrogen and oxygen atoms in total. The Hall–Kier alpha value is -1.75. The molecular weight excluding hydrogens is 240 g/mol. The topological polar surface area (TPSA) is 63.8 Å². The van der Waals surface area contributed by atoms with Crippen molar-refractivity contribution in [1.29, 1.82) is 0 Å². The second-order valence-corrected chi connectivity index (χ2v) is 4.54. The van der Waals surface area contributed by atoms with E-state index in [0.717, 1.165) is 30.8 Å². The zero-order valence-electron chi connectivity index (χ0n) is 11.7. The lowest BCUT2D eigenvalue weighted by Crippen LogP contribution is -2.30. The smallest absolute Gasteiger partial charge is 0.228 e. The third kappa shape index (κ3) is 3.61. The number of rotatable bonds is 6. The van der Waals surface area contributed by atoms with Crippen LogP contribution in [0.5, 0.6) is 0 Å². The fourth-order valence-electron chi connectivity index (χ4n) is 1.97. The molecule has 0 aliphatic heterocycles. The molecule has 2 heterocycles. The first-order chi connectivity index (χ1) is 9.22. The summed E-state index contributed by atoms with van der Waals surface area (Å²) in [5.41, 5.74) is 1.70. The number of hydrogen-bond acceptors (Lipinski definition) is 5. The fraction of sp³-hybridized carbons (Fsp3) is 0.500. The molecule has 19 heavy (non-hydrogen) atoms. The standard InChI is InChI=1S/C14H20N4O/c1-4-11(15-5-2)9-13-17-14(18-19-13)12-8-6-7-10(3)16-12/h6-8,11,15H,4-5,9H2,1-3H3. The summed E-state index contributed by atoms with van der Waals surface area (Å²) in [6, 6.07) is 6.16. The van der Waals surface area contributed by atoms with Crippen LogP contribution in [0, 0.1) is 6.92 Å². The van der Waals surface area contributed by atoms with Gasteiger partial charge in [-0.3, -0.25) is 0 Å². The normalized spacial score (nSPS) is 12.6. The van der Waals surface area contributed by atoms with Crippen molar-refractivity contribution in [3.8, 4) is 11.5 Å². The molecule has 0 aliphatic carbocycles. The molecule has 1 N–H and O–H groups in total. The van der Waals surface area contributed by atoms with Gasteiger partial charge in [0.05, 0.1) is 0 Å². The number of pyridine rings is 1. The molecule has 0 fully saturated rings. The van der Waals surface area contributed by atoms with Gasteiger partial charge in [-0.15, -0.1) is 0 Å². The Morgan fingerprint density at radius 1 is 1.26 bits per heavy atom. The van der Waals surface area contributed by atoms with Gasteiger partial charge in [0.25, 0.3) is 0 Å². The van der Waals surface area contributed by atoms with E-state index in [-0.39, 0.29) is 0 Å². The predicted octanol–water partition coefficient (Wildman–Crippen LogP) is 2.37. The molecule has 2 aromatic rings. The van der Waals surface area contributed by atoms with Crippen LogP contribution in [0.1, 0.15) is 31.9 Å². The summed E-state index contributed by atoms with van der Waals surface area (Å²) in [6.07, 6.45) is 1.79. The van der Waals surface area contributed by atoms with Gasteiger partial charge >= 0.3 is 0 Å². The van der Waals surface area contributed by atoms with Gasteiger partial charge in [-0.2, -0.15) is 4.98 Å². The maximum atomic E-state index is 5.30. The van der Waals surface area contributed by atoms with Crippen molar-refractivity contribution in [2.45, 2.75) is 39.7 Å². The van der Waals surface area contributed by atoms with Crippen LogP contribution in [-0.2, 0) is 6.42 Å². The molecule has 2 aromatic heterocycles. The van der Waals surface area contributed by atoms with Crippen LogP contribution < -0.4 is 5.32 Å². The molecule has 0 amide bonds. The van der Waals surface area contributed by atoms with Crippen LogP contribution in [0.3, 0.4) is 0 Å². The number of hydrogen-bond donors (Lipinski definition) is 1. The second kappa shape index (κ2) is 6.43. The number of aromatic nitrogens is 3. The van der Waals surface area contributed by atoms with Crippen molar-refractivity contribution in [2.24, 2.45) is 0 Å². The first-order valence-electron chi connectivity index (χ1n) is 6.73. The minimum Gasteiger partial charge on any atom is -0.339 e. The largest absolute Gasteiger partial charge is 0.339 e. The lowest BCUT2D eigenvalue weighted by molar-refractivity contribution is 0.355. The highest BCUT2D eigenvalue weighted by Crippen LogP contribution is 2.14. The van der Waals surface area contributed by atoms with E-state index < -0.39 is 0 Å². The maximum absolute atomic E-state index is 5.30. The van der Waals surface area contributed by atoms with Crippen molar-refractivity contribution in [1.82, 2.24) is 20.4 Å². The van der Waals surface area contributed by atoms with Crippen molar-refractivity contribution in [2.75, 3.05) is 6.54 Å². The number of likely N-dealkylation sites (N-methyl/N-ethyl adjacent to an activating group) is 1. The summed E-state index contributed by atoms with van der Waals surface area (Å²) in [5.74, 6) is 1.22. The highest BCUT2D eigenvalue weighted by Gasteiger charge is 2.13. The minimum absolute atomic E-state index is 0.378. The summed E-state index contributed by atoms with van der Waals surface area (Å²) in [4.78, 5) is 8.80. The molecule has 2 rings (SSSR count). The molecule has 0 aliphatic rings. The monoisotopic (exact) mass is 260 g/mol. The number of aryl methyl sites for hydroxylation is 1. The molecule has 0 spiro atoms. The number of nitrogens with zero attached hydrogens (tertiary/aromatic N) is 3. The Kier molecular flexibility index (Phi) is 4.63. The highest BCUT2D eigenvalue weighted by molar-refractivity contribution is 5.47. The van der Waals surface area contributed by atoms with E-state index in [9.17, 15) is 0 Å². The quantitative estimate of drug-likeness (QED) is 0.863. The summed E-state index contributed by atoms with van der Waals surface area (Å²) in [5, 5.41) is 7.39. The van der Waals surface area contributed by atoms with Gasteiger partial charge in [-0.25, -0.2) is 4.98 Å². The van der Waals surface area contributed by atoms with Gasteiger partial charge in [-0.1, -0.05) is 25.1 Å². The molecule has 102 valence electrons. The average molecular weight is 260 g/mol. The van der Waals surface area contributed by atoms with E-state index in [1.54, 1.807) is 0 Å². The lowest BCUT2D eigenvalue weighted by atomic mass is 10.1. The molecule has 0 aromatic carbocycles. The van der Waals surface area contributed by atoms with Crippen molar-refractivity contribution in [3.63, 3.8) is 0 Å². The molecule has 0 bridgehead atoms. The maximum Gasteiger partial charge on any atom is 0.228 e. The molecule has 1 unspecified atom stereocenters. The molecule has 0 saturated carbocycles. The summed E-state index contributed by atoms with van der Waals surface area (Å²) < 4.78 is 5.30. The van der Waals surface area contributed by atoms with Crippen LogP contribution in [0.2, 0.25) is 0 Å². The third-order valence-electron chi connectivity index (χ3n) is 2.99. The van der Waals surface area contributed by atoms with Crippen LogP contribution >= 0.6 is 0 Å². The fourth-order valence-corrected chi connectivity index (χ4v) is 1.97. The molecular formula is C14H20N4O. The lowest BCUT2D eigenvalue weighted by Gasteiger charge is -2.12. The van der Waals surface area contributed by atoms with E-state index >= 15 is 0 Å². The van der Waals surface area contributed by atoms with Crippen molar-refractivity contribution < 1.29 is 4.52 Å². The van der Waals surface area contributed by atoms with Gasteiger partial charge in [-0.05, 0) is 32.0 Å². The second-order valence-electron chi connectivity index (χ2n) is 4.54. The van der Waals surface area contributed by atoms with Crippen molar-refractivity contribution >= 4 is 0 Å². The number of nitrogens with one attached hydrogen (secondary N) is 1. The zero-order valence-corrected chi connectivity index (χ0v) is 11.7. The Balaban J connectivity index is 2.10. The van der Waals surface area contributed by atoms with E-state index in [2.05, 4.69) is 34.3 Å². The van der Waals surface area contributed by atoms with Crippen LogP contribution in [0.15, 0.2) is 22.7 Å². The van der Waals surface area contributed by atoms with Gasteiger partial charge in [0, 0.05) is 18.2 Å². The third-order valence-corrected chi connectivity index (χ3v) is 2.99. The molecule has 0 radical (unpaired) electrons. The van der Waals surface area contributed by atoms with Crippen LogP contribution in [0.4, 0.5) is 0 Å². The molecule has 0 saturated heterocycles. The SMILES string of the molecule is CCNC(CC)Cc1nc(-c2cccc(C)n2)no1. The average Bonchev–Trinajstić information content (AvgIpc) is 2.87. The predicted molar refractivity (Wildman–Crippen MR) is 73.7 cm³/mol. The Labute approximate surface area is 113 Å². The summed E-state index contributed by atoms with van der Waals surface area (Å²) in [7, 11) is 0. The Morgan fingerprint density at radius 3 is 2.79 bits per heavy atom. The van der Waals surface area contributed by atoms with Gasteiger partial charge in [0.1, 0.15) is 5.69 Å². The van der Waals surface area contributed by atoms with Crippen molar-refractivity contribution in [3.05, 3.63) is 29.8 Å². The van der Waals surface area contributed by atoms with Crippen LogP contribution in [-0.4, -0.2) is 27.7 Å². The first-order valence-corrected chi connectivity index (χ1v) is 6.73. The minimum atomic E-state index is 0.378. The molecule has 1 atom stereocenters. The summed E-state index contributed by atoms with van der Waals surface area (Å²) >= 11 is 0. The van der Waals surface area contributed by atoms with Crippen LogP contribution in [0.25, 0.3) is 11.5 Å². The van der Waals surface area contributed by atoms with Gasteiger partial charge in [0.15, 0.2) is 0 Å². The van der Waals surface area contributed by atoms with E-state index in [1.807, 2.05) is 25.1 Å². The van der Waals surface area contributed by atoms with Gasteiger partial charge in [0.2, 0.25) is 11.7 Å². The van der Waals surface area contributed by atoms with E-state index in [4.69, 9.17) is 4.52 Å². The highest BCUT2D eigenvalue weighted by atomic mass is 16.5.